The Hall–Kier alpha value is -0.900. The van der Waals surface area contributed by atoms with Crippen molar-refractivity contribution in [1.82, 2.24) is 5.32 Å². The van der Waals surface area contributed by atoms with E-state index in [4.69, 9.17) is 4.74 Å². The molecule has 0 saturated carbocycles. The minimum Gasteiger partial charge on any atom is -0.379 e. The molecule has 0 aromatic rings. The van der Waals surface area contributed by atoms with E-state index in [0.29, 0.717) is 0 Å². The summed E-state index contributed by atoms with van der Waals surface area (Å²) >= 11 is 0. The van der Waals surface area contributed by atoms with Gasteiger partial charge in [-0.1, -0.05) is 13.8 Å². The summed E-state index contributed by atoms with van der Waals surface area (Å²) in [4.78, 5) is 21.2. The Morgan fingerprint density at radius 3 is 2.00 bits per heavy atom. The molecule has 0 aromatic carbocycles. The summed E-state index contributed by atoms with van der Waals surface area (Å²) in [6, 6.07) is -0.364. The monoisotopic (exact) mass is 245 g/mol. The van der Waals surface area contributed by atoms with Crippen LogP contribution >= 0.6 is 0 Å². The van der Waals surface area contributed by atoms with Crippen LogP contribution in [0.1, 0.15) is 48.0 Å². The van der Waals surface area contributed by atoms with E-state index in [1.165, 1.54) is 0 Å². The van der Waals surface area contributed by atoms with Crippen molar-refractivity contribution in [3.8, 4) is 0 Å². The van der Waals surface area contributed by atoms with Gasteiger partial charge in [0.15, 0.2) is 0 Å². The number of aldehydes is 1. The maximum atomic E-state index is 11.1. The largest absolute Gasteiger partial charge is 0.379 e. The minimum absolute atomic E-state index is 0.00241. The average molecular weight is 245 g/mol. The Balaban J connectivity index is 0. The molecule has 0 aliphatic rings. The summed E-state index contributed by atoms with van der Waals surface area (Å²) < 4.78 is 4.94. The summed E-state index contributed by atoms with van der Waals surface area (Å²) in [7, 11) is 1.71. The second-order valence-electron chi connectivity index (χ2n) is 5.06. The molecule has 0 aromatic heterocycles. The zero-order valence-electron chi connectivity index (χ0n) is 12.2. The second-order valence-corrected chi connectivity index (χ2v) is 5.06. The van der Waals surface area contributed by atoms with E-state index in [-0.39, 0.29) is 23.5 Å². The molecule has 2 atom stereocenters. The first-order chi connectivity index (χ1) is 7.67. The van der Waals surface area contributed by atoms with Crippen molar-refractivity contribution in [3.05, 3.63) is 0 Å². The van der Waals surface area contributed by atoms with Crippen molar-refractivity contribution in [2.45, 2.75) is 59.6 Å². The molecule has 0 spiro atoms. The number of ether oxygens (including phenoxy) is 1. The molecule has 0 aliphatic carbocycles. The van der Waals surface area contributed by atoms with E-state index in [2.05, 4.69) is 5.32 Å². The van der Waals surface area contributed by atoms with Gasteiger partial charge in [0.2, 0.25) is 5.91 Å². The molecule has 4 nitrogen and oxygen atoms in total. The molecule has 0 aliphatic heterocycles. The summed E-state index contributed by atoms with van der Waals surface area (Å²) in [5.41, 5.74) is 0.0417. The third-order valence-electron chi connectivity index (χ3n) is 2.25. The number of carbonyl (C=O) groups excluding carboxylic acids is 2. The lowest BCUT2D eigenvalue weighted by Crippen LogP contribution is -2.36. The Labute approximate surface area is 105 Å². The number of rotatable bonds is 4. The lowest BCUT2D eigenvalue weighted by Gasteiger charge is -2.14. The number of nitrogens with one attached hydrogen (secondary N) is 1. The first-order valence-electron chi connectivity index (χ1n) is 5.98. The smallest absolute Gasteiger partial charge is 0.223 e. The van der Waals surface area contributed by atoms with Crippen LogP contribution in [0.15, 0.2) is 0 Å². The predicted octanol–water partition coefficient (Wildman–Crippen LogP) is 2.17. The molecule has 1 unspecified atom stereocenters. The fourth-order valence-corrected chi connectivity index (χ4v) is 0.586. The number of hydrogen-bond donors (Lipinski definition) is 1. The van der Waals surface area contributed by atoms with E-state index in [1.807, 2.05) is 34.6 Å². The van der Waals surface area contributed by atoms with E-state index in [1.54, 1.807) is 14.0 Å². The van der Waals surface area contributed by atoms with Gasteiger partial charge < -0.3 is 14.8 Å². The van der Waals surface area contributed by atoms with E-state index in [0.717, 1.165) is 12.7 Å². The zero-order chi connectivity index (χ0) is 14.1. The highest BCUT2D eigenvalue weighted by molar-refractivity contribution is 5.81. The Morgan fingerprint density at radius 1 is 1.35 bits per heavy atom. The maximum absolute atomic E-state index is 11.1. The van der Waals surface area contributed by atoms with Crippen LogP contribution < -0.4 is 5.32 Å². The van der Waals surface area contributed by atoms with Gasteiger partial charge in [0.1, 0.15) is 6.29 Å². The standard InChI is InChI=1S/C8H15NO2.C5H12O/c1-4-6(2)8(11)9-7(3)5-10;1-5(2,3)6-4/h5-7H,4H2,1-3H3,(H,9,11);1-4H3/t6?,7-;/m1./s1. The fraction of sp³-hybridized carbons (Fsp3) is 0.846. The predicted molar refractivity (Wildman–Crippen MR) is 69.9 cm³/mol. The van der Waals surface area contributed by atoms with Crippen LogP contribution in [-0.2, 0) is 14.3 Å². The van der Waals surface area contributed by atoms with Crippen LogP contribution in [-0.4, -0.2) is 30.9 Å². The van der Waals surface area contributed by atoms with Crippen LogP contribution in [0.4, 0.5) is 0 Å². The van der Waals surface area contributed by atoms with Gasteiger partial charge in [-0.3, -0.25) is 4.79 Å². The summed E-state index contributed by atoms with van der Waals surface area (Å²) in [5, 5.41) is 2.57. The Kier molecular flexibility index (Phi) is 9.95. The van der Waals surface area contributed by atoms with Gasteiger partial charge >= 0.3 is 0 Å². The van der Waals surface area contributed by atoms with Crippen LogP contribution in [0.5, 0.6) is 0 Å². The van der Waals surface area contributed by atoms with Crippen molar-refractivity contribution in [3.63, 3.8) is 0 Å². The highest BCUT2D eigenvalue weighted by Gasteiger charge is 2.11. The van der Waals surface area contributed by atoms with Crippen LogP contribution in [0, 0.1) is 5.92 Å². The third-order valence-corrected chi connectivity index (χ3v) is 2.25. The normalized spacial score (nSPS) is 14.1. The van der Waals surface area contributed by atoms with Gasteiger partial charge in [0, 0.05) is 13.0 Å². The SMILES string of the molecule is CCC(C)C(=O)N[C@H](C)C=O.COC(C)(C)C. The van der Waals surface area contributed by atoms with E-state index < -0.39 is 0 Å². The van der Waals surface area contributed by atoms with Gasteiger partial charge in [-0.05, 0) is 34.1 Å². The molecule has 0 heterocycles. The van der Waals surface area contributed by atoms with E-state index >= 15 is 0 Å². The Bertz CT molecular complexity index is 221. The highest BCUT2D eigenvalue weighted by Crippen LogP contribution is 2.02. The first kappa shape index (κ1) is 18.5. The third kappa shape index (κ3) is 13.0. The first-order valence-corrected chi connectivity index (χ1v) is 5.98. The topological polar surface area (TPSA) is 55.4 Å². The van der Waals surface area contributed by atoms with Crippen molar-refractivity contribution < 1.29 is 14.3 Å². The molecule has 4 heteroatoms. The molecule has 1 N–H and O–H groups in total. The second kappa shape index (κ2) is 9.16. The lowest BCUT2D eigenvalue weighted by molar-refractivity contribution is -0.126. The number of carbonyl (C=O) groups is 2. The van der Waals surface area contributed by atoms with Crippen molar-refractivity contribution >= 4 is 12.2 Å². The summed E-state index contributed by atoms with van der Waals surface area (Å²) in [6.07, 6.45) is 1.53. The summed E-state index contributed by atoms with van der Waals surface area (Å²) in [6.45, 7) is 11.5. The van der Waals surface area contributed by atoms with Gasteiger partial charge in [0.05, 0.1) is 11.6 Å². The fourth-order valence-electron chi connectivity index (χ4n) is 0.586. The lowest BCUT2D eigenvalue weighted by atomic mass is 10.1. The molecular formula is C13H27NO3. The van der Waals surface area contributed by atoms with Gasteiger partial charge in [-0.2, -0.15) is 0 Å². The van der Waals surface area contributed by atoms with Gasteiger partial charge in [-0.15, -0.1) is 0 Å². The number of hydrogen-bond acceptors (Lipinski definition) is 3. The average Bonchev–Trinajstić information content (AvgIpc) is 2.27. The minimum atomic E-state index is -0.364. The van der Waals surface area contributed by atoms with Crippen molar-refractivity contribution in [2.24, 2.45) is 5.92 Å². The molecule has 102 valence electrons. The van der Waals surface area contributed by atoms with Crippen LogP contribution in [0.3, 0.4) is 0 Å². The molecule has 0 bridgehead atoms. The maximum Gasteiger partial charge on any atom is 0.223 e. The molecule has 0 fully saturated rings. The molecule has 0 rings (SSSR count). The molecule has 17 heavy (non-hydrogen) atoms. The van der Waals surface area contributed by atoms with Gasteiger partial charge in [0.25, 0.3) is 0 Å². The highest BCUT2D eigenvalue weighted by atomic mass is 16.5. The van der Waals surface area contributed by atoms with Crippen molar-refractivity contribution in [1.29, 1.82) is 0 Å². The number of amides is 1. The van der Waals surface area contributed by atoms with E-state index in [9.17, 15) is 9.59 Å². The van der Waals surface area contributed by atoms with Crippen molar-refractivity contribution in [2.75, 3.05) is 7.11 Å². The quantitative estimate of drug-likeness (QED) is 0.772. The van der Waals surface area contributed by atoms with Crippen LogP contribution in [0.25, 0.3) is 0 Å². The summed E-state index contributed by atoms with van der Waals surface area (Å²) in [5.74, 6) is -0.0514. The Morgan fingerprint density at radius 2 is 1.76 bits per heavy atom. The molecule has 1 amide bonds. The molecule has 0 saturated heterocycles. The zero-order valence-corrected chi connectivity index (χ0v) is 12.2. The van der Waals surface area contributed by atoms with Gasteiger partial charge in [-0.25, -0.2) is 0 Å². The van der Waals surface area contributed by atoms with Crippen LogP contribution in [0.2, 0.25) is 0 Å². The molecule has 0 radical (unpaired) electrons. The number of methoxy groups -OCH3 is 1. The molecular weight excluding hydrogens is 218 g/mol.